The number of carbonyl (C=O) groups is 1. The van der Waals surface area contributed by atoms with Gasteiger partial charge in [0.05, 0.1) is 0 Å². The standard InChI is InChI=1S/C5H9NO2.H3NO/c7-5(8)4-2-1-3-6-4;1-2/h4,6H,1-3H2,(H,7,8);2H,1H2/t4-;/m0./s1. The van der Waals surface area contributed by atoms with Crippen LogP contribution < -0.4 is 11.2 Å². The largest absolute Gasteiger partial charge is 0.480 e. The van der Waals surface area contributed by atoms with Gasteiger partial charge in [-0.1, -0.05) is 0 Å². The number of hydrogen-bond donors (Lipinski definition) is 4. The number of carboxylic acid groups (broad SMARTS) is 1. The van der Waals surface area contributed by atoms with E-state index in [-0.39, 0.29) is 6.04 Å². The predicted octanol–water partition coefficient (Wildman–Crippen LogP) is -0.843. The fourth-order valence-electron chi connectivity index (χ4n) is 0.895. The Bertz CT molecular complexity index is 101. The van der Waals surface area contributed by atoms with Crippen LogP contribution in [0.5, 0.6) is 0 Å². The van der Waals surface area contributed by atoms with Crippen LogP contribution in [0.15, 0.2) is 0 Å². The molecule has 1 heterocycles. The van der Waals surface area contributed by atoms with Gasteiger partial charge in [0.2, 0.25) is 0 Å². The lowest BCUT2D eigenvalue weighted by Gasteiger charge is -1.99. The minimum Gasteiger partial charge on any atom is -0.480 e. The fourth-order valence-corrected chi connectivity index (χ4v) is 0.895. The normalized spacial score (nSPS) is 23.2. The number of nitrogens with two attached hydrogens (primary N) is 1. The molecule has 0 spiro atoms. The van der Waals surface area contributed by atoms with Crippen molar-refractivity contribution in [3.05, 3.63) is 0 Å². The molecule has 0 bridgehead atoms. The summed E-state index contributed by atoms with van der Waals surface area (Å²) in [5, 5.41) is 17.7. The zero-order valence-corrected chi connectivity index (χ0v) is 5.58. The Morgan fingerprint density at radius 1 is 1.60 bits per heavy atom. The molecule has 1 saturated heterocycles. The lowest BCUT2D eigenvalue weighted by molar-refractivity contribution is -0.139. The summed E-state index contributed by atoms with van der Waals surface area (Å²) >= 11 is 0. The highest BCUT2D eigenvalue weighted by atomic mass is 16.4. The van der Waals surface area contributed by atoms with Crippen molar-refractivity contribution in [2.75, 3.05) is 6.54 Å². The average Bonchev–Trinajstić information content (AvgIpc) is 2.42. The summed E-state index contributed by atoms with van der Waals surface area (Å²) in [6.07, 6.45) is 1.78. The molecule has 10 heavy (non-hydrogen) atoms. The lowest BCUT2D eigenvalue weighted by Crippen LogP contribution is -2.29. The summed E-state index contributed by atoms with van der Waals surface area (Å²) in [5.74, 6) is 2.78. The number of nitrogens with one attached hydrogen (secondary N) is 1. The van der Waals surface area contributed by atoms with Crippen LogP contribution in [0.1, 0.15) is 12.8 Å². The van der Waals surface area contributed by atoms with E-state index in [4.69, 9.17) is 10.3 Å². The van der Waals surface area contributed by atoms with E-state index in [1.807, 2.05) is 0 Å². The molecule has 1 fully saturated rings. The Hall–Kier alpha value is -0.650. The minimum absolute atomic E-state index is 0.269. The van der Waals surface area contributed by atoms with E-state index < -0.39 is 5.97 Å². The van der Waals surface area contributed by atoms with Crippen molar-refractivity contribution < 1.29 is 15.1 Å². The molecule has 0 aromatic heterocycles. The maximum Gasteiger partial charge on any atom is 0.320 e. The van der Waals surface area contributed by atoms with Gasteiger partial charge < -0.3 is 15.6 Å². The monoisotopic (exact) mass is 148 g/mol. The molecule has 0 saturated carbocycles. The quantitative estimate of drug-likeness (QED) is 0.363. The summed E-state index contributed by atoms with van der Waals surface area (Å²) in [6, 6.07) is -0.269. The highest BCUT2D eigenvalue weighted by molar-refractivity contribution is 5.73. The summed E-state index contributed by atoms with van der Waals surface area (Å²) in [4.78, 5) is 10.1. The Labute approximate surface area is 58.8 Å². The molecule has 0 aromatic carbocycles. The van der Waals surface area contributed by atoms with Gasteiger partial charge in [0, 0.05) is 0 Å². The molecule has 0 aromatic rings. The van der Waals surface area contributed by atoms with Crippen LogP contribution in [0.2, 0.25) is 0 Å². The second-order valence-corrected chi connectivity index (χ2v) is 1.99. The summed E-state index contributed by atoms with van der Waals surface area (Å²) in [5.41, 5.74) is 0. The van der Waals surface area contributed by atoms with Crippen LogP contribution >= 0.6 is 0 Å². The van der Waals surface area contributed by atoms with Gasteiger partial charge in [0.25, 0.3) is 0 Å². The first kappa shape index (κ1) is 9.35. The topological polar surface area (TPSA) is 95.6 Å². The third kappa shape index (κ3) is 2.77. The van der Waals surface area contributed by atoms with Crippen molar-refractivity contribution in [3.8, 4) is 0 Å². The van der Waals surface area contributed by atoms with Crippen LogP contribution in [0.3, 0.4) is 0 Å². The molecular weight excluding hydrogens is 136 g/mol. The second kappa shape index (κ2) is 5.16. The molecule has 5 heteroatoms. The third-order valence-corrected chi connectivity index (χ3v) is 1.36. The summed E-state index contributed by atoms with van der Waals surface area (Å²) in [7, 11) is 0. The van der Waals surface area contributed by atoms with Gasteiger partial charge in [0.1, 0.15) is 6.04 Å². The Kier molecular flexibility index (Phi) is 4.82. The van der Waals surface area contributed by atoms with Crippen molar-refractivity contribution in [3.63, 3.8) is 0 Å². The van der Waals surface area contributed by atoms with E-state index in [0.717, 1.165) is 19.4 Å². The van der Waals surface area contributed by atoms with Crippen molar-refractivity contribution in [2.24, 2.45) is 5.90 Å². The maximum absolute atomic E-state index is 10.1. The molecular formula is C5H12N2O3. The van der Waals surface area contributed by atoms with E-state index in [9.17, 15) is 4.79 Å². The molecule has 0 amide bonds. The molecule has 0 aliphatic carbocycles. The van der Waals surface area contributed by atoms with Gasteiger partial charge in [-0.3, -0.25) is 4.79 Å². The van der Waals surface area contributed by atoms with E-state index in [2.05, 4.69) is 11.2 Å². The van der Waals surface area contributed by atoms with Gasteiger partial charge in [-0.05, 0) is 19.4 Å². The molecule has 5 N–H and O–H groups in total. The van der Waals surface area contributed by atoms with Crippen molar-refractivity contribution in [1.29, 1.82) is 0 Å². The SMILES string of the molecule is NO.O=C(O)[C@@H]1CCCN1. The van der Waals surface area contributed by atoms with Crippen LogP contribution in [0, 0.1) is 0 Å². The van der Waals surface area contributed by atoms with Crippen LogP contribution in [0.25, 0.3) is 0 Å². The number of aliphatic carboxylic acids is 1. The highest BCUT2D eigenvalue weighted by Crippen LogP contribution is 2.03. The molecule has 1 atom stereocenters. The number of rotatable bonds is 1. The molecule has 0 unspecified atom stereocenters. The number of carboxylic acids is 1. The summed E-state index contributed by atoms with van der Waals surface area (Å²) < 4.78 is 0. The Morgan fingerprint density at radius 3 is 2.40 bits per heavy atom. The Morgan fingerprint density at radius 2 is 2.20 bits per heavy atom. The van der Waals surface area contributed by atoms with Crippen molar-refractivity contribution >= 4 is 5.97 Å². The molecule has 60 valence electrons. The molecule has 1 rings (SSSR count). The second-order valence-electron chi connectivity index (χ2n) is 1.99. The lowest BCUT2D eigenvalue weighted by atomic mass is 10.2. The average molecular weight is 148 g/mol. The zero-order chi connectivity index (χ0) is 7.98. The first-order valence-corrected chi connectivity index (χ1v) is 3.03. The van der Waals surface area contributed by atoms with Gasteiger partial charge in [-0.25, -0.2) is 5.90 Å². The van der Waals surface area contributed by atoms with E-state index in [1.165, 1.54) is 0 Å². The van der Waals surface area contributed by atoms with Crippen LogP contribution in [-0.2, 0) is 4.79 Å². The third-order valence-electron chi connectivity index (χ3n) is 1.36. The van der Waals surface area contributed by atoms with Crippen LogP contribution in [-0.4, -0.2) is 28.9 Å². The molecule has 1 aliphatic heterocycles. The summed E-state index contributed by atoms with van der Waals surface area (Å²) in [6.45, 7) is 0.858. The first-order valence-electron chi connectivity index (χ1n) is 3.03. The van der Waals surface area contributed by atoms with Crippen molar-refractivity contribution in [2.45, 2.75) is 18.9 Å². The van der Waals surface area contributed by atoms with E-state index in [0.29, 0.717) is 0 Å². The fraction of sp³-hybridized carbons (Fsp3) is 0.800. The molecule has 5 nitrogen and oxygen atoms in total. The van der Waals surface area contributed by atoms with Crippen molar-refractivity contribution in [1.82, 2.24) is 5.32 Å². The van der Waals surface area contributed by atoms with Gasteiger partial charge in [-0.2, -0.15) is 0 Å². The van der Waals surface area contributed by atoms with Crippen LogP contribution in [0.4, 0.5) is 0 Å². The molecule has 0 radical (unpaired) electrons. The maximum atomic E-state index is 10.1. The minimum atomic E-state index is -0.720. The first-order chi connectivity index (χ1) is 4.80. The van der Waals surface area contributed by atoms with Gasteiger partial charge >= 0.3 is 5.97 Å². The molecule has 1 aliphatic rings. The highest BCUT2D eigenvalue weighted by Gasteiger charge is 2.20. The number of hydrogen-bond acceptors (Lipinski definition) is 4. The predicted molar refractivity (Wildman–Crippen MR) is 34.6 cm³/mol. The zero-order valence-electron chi connectivity index (χ0n) is 5.58. The van der Waals surface area contributed by atoms with E-state index in [1.54, 1.807) is 0 Å². The van der Waals surface area contributed by atoms with E-state index >= 15 is 0 Å². The Balaban J connectivity index is 0.000000371. The van der Waals surface area contributed by atoms with Gasteiger partial charge in [0.15, 0.2) is 0 Å². The smallest absolute Gasteiger partial charge is 0.320 e. The van der Waals surface area contributed by atoms with Gasteiger partial charge in [-0.15, -0.1) is 0 Å².